The summed E-state index contributed by atoms with van der Waals surface area (Å²) < 4.78 is 29.5. The van der Waals surface area contributed by atoms with E-state index in [2.05, 4.69) is 0 Å². The first-order chi connectivity index (χ1) is 2.00. The average molecular weight is 246 g/mol. The van der Waals surface area contributed by atoms with Crippen LogP contribution in [0.1, 0.15) is 0 Å². The van der Waals surface area contributed by atoms with Crippen molar-refractivity contribution in [2.75, 3.05) is 0 Å². The van der Waals surface area contributed by atoms with Crippen LogP contribution in [0.3, 0.4) is 0 Å². The molecule has 0 aliphatic carbocycles. The Morgan fingerprint density at radius 3 is 0.857 bits per heavy atom. The molecule has 0 saturated heterocycles. The van der Waals surface area contributed by atoms with E-state index >= 15 is 0 Å². The van der Waals surface area contributed by atoms with Gasteiger partial charge in [-0.25, -0.2) is 0 Å². The van der Waals surface area contributed by atoms with Crippen LogP contribution >= 0.6 is 0 Å². The summed E-state index contributed by atoms with van der Waals surface area (Å²) in [5, 5.41) is 0. The van der Waals surface area contributed by atoms with E-state index in [4.69, 9.17) is 14.8 Å². The molecule has 0 bridgehead atoms. The second-order valence-corrected chi connectivity index (χ2v) is 2.47. The van der Waals surface area contributed by atoms with Gasteiger partial charge in [-0.2, -0.15) is 0 Å². The Labute approximate surface area is 126 Å². The third-order valence-corrected chi connectivity index (χ3v) is 0. The van der Waals surface area contributed by atoms with E-state index in [1.807, 2.05) is 0 Å². The van der Waals surface area contributed by atoms with Gasteiger partial charge in [-0.15, -0.1) is 0 Å². The SMILES string of the molecule is [KH].[OH][Ti]([OH])([OH])[OH].[SrH2]. The molecule has 7 heavy (non-hydrogen) atoms. The summed E-state index contributed by atoms with van der Waals surface area (Å²) in [5.41, 5.74) is 0. The van der Waals surface area contributed by atoms with Crippen molar-refractivity contribution in [3.63, 3.8) is 0 Å². The maximum absolute atomic E-state index is 7.38. The van der Waals surface area contributed by atoms with Crippen molar-refractivity contribution in [1.29, 1.82) is 0 Å². The zero-order valence-electron chi connectivity index (χ0n) is 2.29. The second-order valence-electron chi connectivity index (χ2n) is 0.600. The van der Waals surface area contributed by atoms with E-state index in [0.29, 0.717) is 0 Å². The Morgan fingerprint density at radius 1 is 0.857 bits per heavy atom. The van der Waals surface area contributed by atoms with Crippen molar-refractivity contribution in [1.82, 2.24) is 0 Å². The topological polar surface area (TPSA) is 80.9 Å². The number of hydrogen-bond acceptors (Lipinski definition) is 4. The Bertz CT molecular complexity index is 27.2. The monoisotopic (exact) mass is 246 g/mol. The first-order valence-electron chi connectivity index (χ1n) is 0.894. The zero-order valence-corrected chi connectivity index (χ0v) is 3.85. The molecule has 0 aromatic rings. The predicted octanol–water partition coefficient (Wildman–Crippen LogP) is -3.80. The van der Waals surface area contributed by atoms with E-state index < -0.39 is 18.1 Å². The molecule has 0 fully saturated rings. The zero-order chi connectivity index (χ0) is 4.50. The first-order valence-corrected chi connectivity index (χ1v) is 3.69. The maximum atomic E-state index is 7.38. The van der Waals surface area contributed by atoms with Crippen molar-refractivity contribution < 1.29 is 32.9 Å². The van der Waals surface area contributed by atoms with Crippen molar-refractivity contribution in [3.05, 3.63) is 0 Å². The van der Waals surface area contributed by atoms with Gasteiger partial charge in [0, 0.05) is 0 Å². The van der Waals surface area contributed by atoms with E-state index in [1.165, 1.54) is 0 Å². The molecule has 0 heterocycles. The fourth-order valence-electron chi connectivity index (χ4n) is 0. The molecular formula is H7KO4SrTi. The Kier molecular flexibility index (Phi) is 18.8. The van der Waals surface area contributed by atoms with E-state index in [9.17, 15) is 0 Å². The third-order valence-electron chi connectivity index (χ3n) is 0. The summed E-state index contributed by atoms with van der Waals surface area (Å²) in [6, 6.07) is 0. The summed E-state index contributed by atoms with van der Waals surface area (Å²) in [6.07, 6.45) is 0. The molecule has 0 aromatic heterocycles. The molecule has 7 heteroatoms. The molecule has 0 unspecified atom stereocenters. The van der Waals surface area contributed by atoms with Crippen LogP contribution < -0.4 is 0 Å². The van der Waals surface area contributed by atoms with E-state index in [-0.39, 0.29) is 96.9 Å². The molecule has 0 saturated carbocycles. The summed E-state index contributed by atoms with van der Waals surface area (Å²) in [7, 11) is 0. The molecule has 0 amide bonds. The molecule has 0 aromatic carbocycles. The second kappa shape index (κ2) is 7.77. The third kappa shape index (κ3) is 42.2. The van der Waals surface area contributed by atoms with Gasteiger partial charge in [0.2, 0.25) is 0 Å². The number of hydrogen-bond donors (Lipinski definition) is 4. The molecule has 0 aliphatic rings. The minimum atomic E-state index is -5.00. The molecule has 4 N–H and O–H groups in total. The van der Waals surface area contributed by atoms with Gasteiger partial charge in [0.15, 0.2) is 0 Å². The summed E-state index contributed by atoms with van der Waals surface area (Å²) in [4.78, 5) is 0. The van der Waals surface area contributed by atoms with Crippen molar-refractivity contribution in [2.45, 2.75) is 0 Å². The van der Waals surface area contributed by atoms with Crippen molar-refractivity contribution in [3.8, 4) is 0 Å². The van der Waals surface area contributed by atoms with Gasteiger partial charge >= 0.3 is 130 Å². The normalized spacial score (nSPS) is 8.57. The van der Waals surface area contributed by atoms with Crippen LogP contribution in [-0.4, -0.2) is 112 Å². The van der Waals surface area contributed by atoms with Gasteiger partial charge in [0.1, 0.15) is 0 Å². The quantitative estimate of drug-likeness (QED) is 0.330. The van der Waals surface area contributed by atoms with Crippen molar-refractivity contribution >= 4 is 96.9 Å². The molecule has 4 nitrogen and oxygen atoms in total. The van der Waals surface area contributed by atoms with Crippen LogP contribution in [0.15, 0.2) is 0 Å². The van der Waals surface area contributed by atoms with Crippen LogP contribution in [0.25, 0.3) is 0 Å². The molecule has 0 spiro atoms. The molecular weight excluding hydrogens is 239 g/mol. The van der Waals surface area contributed by atoms with Crippen molar-refractivity contribution in [2.24, 2.45) is 0 Å². The first kappa shape index (κ1) is 17.0. The Hall–Kier alpha value is 3.67. The molecule has 0 radical (unpaired) electrons. The molecule has 0 atom stereocenters. The molecule has 0 aliphatic heterocycles. The molecule has 38 valence electrons. The van der Waals surface area contributed by atoms with E-state index in [1.54, 1.807) is 0 Å². The van der Waals surface area contributed by atoms with Crippen LogP contribution in [0.2, 0.25) is 0 Å². The standard InChI is InChI=1S/K.4H2O.Sr.Ti.3H/h;4*1H2;;;;;/q;;;;;;+4;;;/p-4. The van der Waals surface area contributed by atoms with Gasteiger partial charge in [-0.3, -0.25) is 0 Å². The van der Waals surface area contributed by atoms with Crippen LogP contribution in [0.4, 0.5) is 0 Å². The van der Waals surface area contributed by atoms with Crippen LogP contribution in [0.5, 0.6) is 0 Å². The van der Waals surface area contributed by atoms with Crippen LogP contribution in [0, 0.1) is 0 Å². The van der Waals surface area contributed by atoms with Gasteiger partial charge in [0.25, 0.3) is 0 Å². The summed E-state index contributed by atoms with van der Waals surface area (Å²) in [5.74, 6) is 0. The summed E-state index contributed by atoms with van der Waals surface area (Å²) in [6.45, 7) is 0. The van der Waals surface area contributed by atoms with Crippen LogP contribution in [-0.2, 0) is 18.1 Å². The molecule has 0 rings (SSSR count). The Morgan fingerprint density at radius 2 is 0.857 bits per heavy atom. The fraction of sp³-hybridized carbons (Fsp3) is 0. The summed E-state index contributed by atoms with van der Waals surface area (Å²) >= 11 is -5.00. The fourth-order valence-corrected chi connectivity index (χ4v) is 0. The number of rotatable bonds is 0. The average Bonchev–Trinajstić information content (AvgIpc) is 0.722. The van der Waals surface area contributed by atoms with Gasteiger partial charge in [-0.1, -0.05) is 0 Å². The van der Waals surface area contributed by atoms with Gasteiger partial charge < -0.3 is 0 Å². The van der Waals surface area contributed by atoms with E-state index in [0.717, 1.165) is 0 Å². The van der Waals surface area contributed by atoms with Gasteiger partial charge in [0.05, 0.1) is 0 Å². The Balaban J connectivity index is -0.0000000800. The minimum absolute atomic E-state index is 0. The van der Waals surface area contributed by atoms with Gasteiger partial charge in [-0.05, 0) is 0 Å². The predicted molar refractivity (Wildman–Crippen MR) is 24.6 cm³/mol.